The first-order chi connectivity index (χ1) is 23.4. The average Bonchev–Trinajstić information content (AvgIpc) is 3.49. The molecule has 1 saturated heterocycles. The first-order valence-corrected chi connectivity index (χ1v) is 16.7. The number of carbonyl (C=O) groups is 1. The number of methoxy groups -OCH3 is 1. The maximum Gasteiger partial charge on any atom is 0.419 e. The summed E-state index contributed by atoms with van der Waals surface area (Å²) >= 11 is 0. The molecule has 274 valence electrons. The third-order valence-corrected chi connectivity index (χ3v) is 9.08. The Balaban J connectivity index is 1.55. The number of nitrogens with one attached hydrogen (secondary N) is 1. The minimum Gasteiger partial charge on any atom is -0.444 e. The topological polar surface area (TPSA) is 126 Å². The number of fused-ring (bicyclic) bond motifs is 1. The van der Waals surface area contributed by atoms with Gasteiger partial charge < -0.3 is 34.3 Å². The highest BCUT2D eigenvalue weighted by Gasteiger charge is 2.36. The Hall–Kier alpha value is -4.18. The Kier molecular flexibility index (Phi) is 10.5. The number of nitrogens with zero attached hydrogens (tertiary/aromatic N) is 6. The van der Waals surface area contributed by atoms with Crippen LogP contribution < -0.4 is 15.8 Å². The van der Waals surface area contributed by atoms with Crippen LogP contribution >= 0.6 is 0 Å². The number of rotatable bonds is 8. The van der Waals surface area contributed by atoms with Crippen LogP contribution in [0.5, 0.6) is 0 Å². The first kappa shape index (κ1) is 37.1. The highest BCUT2D eigenvalue weighted by molar-refractivity contribution is 5.69. The zero-order chi connectivity index (χ0) is 36.7. The standard InChI is InChI=1S/C34H45F4N7O5/c1-8-25-28(42-15-16-43(19(2)17-42)32(48)50-33(4,5)6)30(47)45-31(40-29(41-45)21-9-11-22(49-7)12-10-21)44(25)18-26(46)39-24-14-13-23(34(36,37)38)27(35)20(24)3/h9,13-14,19,22,26,39,46H,8,10-12,15-18H2,1-7H3/t19-,22+,26-/m1/s1. The molecule has 12 nitrogen and oxygen atoms in total. The lowest BCUT2D eigenvalue weighted by atomic mass is 9.97. The van der Waals surface area contributed by atoms with Crippen molar-refractivity contribution in [1.29, 1.82) is 0 Å². The third-order valence-electron chi connectivity index (χ3n) is 9.08. The molecule has 0 spiro atoms. The second-order valence-corrected chi connectivity index (χ2v) is 13.8. The SMILES string of the molecule is CCc1c(N2CCN(C(=O)OC(C)(C)C)[C@H](C)C2)c(=O)n2nc(C3=CC[C@H](OC)CC3)nc2n1C[C@@H](O)Nc1ccc(C(F)(F)F)c(F)c1C. The van der Waals surface area contributed by atoms with Crippen LogP contribution in [0.1, 0.15) is 76.5 Å². The maximum atomic E-state index is 14.7. The van der Waals surface area contributed by atoms with Crippen LogP contribution in [0, 0.1) is 12.7 Å². The van der Waals surface area contributed by atoms with Crippen molar-refractivity contribution in [2.75, 3.05) is 37.0 Å². The van der Waals surface area contributed by atoms with E-state index in [1.54, 1.807) is 37.3 Å². The number of aromatic nitrogens is 4. The fourth-order valence-corrected chi connectivity index (χ4v) is 6.53. The monoisotopic (exact) mass is 707 g/mol. The highest BCUT2D eigenvalue weighted by Crippen LogP contribution is 2.35. The van der Waals surface area contributed by atoms with Crippen LogP contribution in [-0.2, 0) is 28.6 Å². The Morgan fingerprint density at radius 2 is 1.92 bits per heavy atom. The van der Waals surface area contributed by atoms with Gasteiger partial charge in [-0.05, 0) is 78.0 Å². The first-order valence-electron chi connectivity index (χ1n) is 16.7. The van der Waals surface area contributed by atoms with Gasteiger partial charge in [0.05, 0.1) is 18.2 Å². The van der Waals surface area contributed by atoms with Crippen molar-refractivity contribution in [2.45, 2.75) is 104 Å². The van der Waals surface area contributed by atoms with Crippen molar-refractivity contribution in [1.82, 2.24) is 24.1 Å². The van der Waals surface area contributed by atoms with E-state index in [1.165, 1.54) is 11.4 Å². The third kappa shape index (κ3) is 7.60. The van der Waals surface area contributed by atoms with Gasteiger partial charge in [0, 0.05) is 49.7 Å². The van der Waals surface area contributed by atoms with Gasteiger partial charge in [0.1, 0.15) is 23.3 Å². The van der Waals surface area contributed by atoms with Crippen molar-refractivity contribution in [3.63, 3.8) is 0 Å². The molecule has 2 aromatic heterocycles. The molecule has 1 fully saturated rings. The van der Waals surface area contributed by atoms with E-state index in [0.717, 1.165) is 18.1 Å². The Labute approximate surface area is 287 Å². The minimum atomic E-state index is -4.88. The number of aliphatic hydroxyl groups is 1. The van der Waals surface area contributed by atoms with Crippen LogP contribution in [0.2, 0.25) is 0 Å². The summed E-state index contributed by atoms with van der Waals surface area (Å²) in [6, 6.07) is 1.38. The van der Waals surface area contributed by atoms with E-state index in [-0.39, 0.29) is 42.3 Å². The smallest absolute Gasteiger partial charge is 0.419 e. The van der Waals surface area contributed by atoms with E-state index in [2.05, 4.69) is 10.4 Å². The molecular weight excluding hydrogens is 662 g/mol. The van der Waals surface area contributed by atoms with E-state index in [1.807, 2.05) is 24.8 Å². The van der Waals surface area contributed by atoms with Crippen molar-refractivity contribution in [3.8, 4) is 0 Å². The van der Waals surface area contributed by atoms with Gasteiger partial charge in [-0.1, -0.05) is 13.0 Å². The molecule has 0 saturated carbocycles. The van der Waals surface area contributed by atoms with Gasteiger partial charge in [-0.25, -0.2) is 9.18 Å². The number of allylic oxidation sites excluding steroid dienone is 1. The number of hydrogen-bond donors (Lipinski definition) is 2. The van der Waals surface area contributed by atoms with E-state index >= 15 is 0 Å². The minimum absolute atomic E-state index is 0.0207. The molecule has 0 unspecified atom stereocenters. The summed E-state index contributed by atoms with van der Waals surface area (Å²) in [6.45, 7) is 11.0. The van der Waals surface area contributed by atoms with Gasteiger partial charge in [0.2, 0.25) is 5.78 Å². The molecule has 2 N–H and O–H groups in total. The molecule has 16 heteroatoms. The molecule has 1 aliphatic carbocycles. The average molecular weight is 708 g/mol. The molecule has 1 aromatic carbocycles. The number of alkyl halides is 3. The maximum absolute atomic E-state index is 14.7. The molecule has 5 rings (SSSR count). The molecule has 1 amide bonds. The fraction of sp³-hybridized carbons (Fsp3) is 0.588. The zero-order valence-electron chi connectivity index (χ0n) is 29.4. The molecule has 3 atom stereocenters. The summed E-state index contributed by atoms with van der Waals surface area (Å²) in [5.41, 5.74) is -1.11. The molecular formula is C34H45F4N7O5. The summed E-state index contributed by atoms with van der Waals surface area (Å²) < 4.78 is 68.5. The van der Waals surface area contributed by atoms with Crippen LogP contribution in [0.15, 0.2) is 23.0 Å². The van der Waals surface area contributed by atoms with Crippen LogP contribution in [0.3, 0.4) is 0 Å². The lowest BCUT2D eigenvalue weighted by Gasteiger charge is -2.41. The van der Waals surface area contributed by atoms with Gasteiger partial charge in [0.15, 0.2) is 5.82 Å². The second kappa shape index (κ2) is 14.2. The summed E-state index contributed by atoms with van der Waals surface area (Å²) in [6.07, 6.45) is -2.34. The van der Waals surface area contributed by atoms with Gasteiger partial charge in [-0.15, -0.1) is 5.10 Å². The van der Waals surface area contributed by atoms with Gasteiger partial charge in [0.25, 0.3) is 5.56 Å². The number of hydrogen-bond acceptors (Lipinski definition) is 9. The summed E-state index contributed by atoms with van der Waals surface area (Å²) in [5, 5.41) is 18.6. The molecule has 0 bridgehead atoms. The number of piperazine rings is 1. The van der Waals surface area contributed by atoms with Crippen molar-refractivity contribution < 1.29 is 36.9 Å². The number of benzene rings is 1. The van der Waals surface area contributed by atoms with Crippen molar-refractivity contribution in [2.24, 2.45) is 0 Å². The molecule has 2 aliphatic rings. The van der Waals surface area contributed by atoms with E-state index < -0.39 is 41.0 Å². The predicted octanol–water partition coefficient (Wildman–Crippen LogP) is 5.38. The highest BCUT2D eigenvalue weighted by atomic mass is 19.4. The Bertz CT molecular complexity index is 1830. The quantitative estimate of drug-likeness (QED) is 0.235. The van der Waals surface area contributed by atoms with Crippen LogP contribution in [0.4, 0.5) is 33.7 Å². The number of aliphatic hydroxyl groups excluding tert-OH is 1. The summed E-state index contributed by atoms with van der Waals surface area (Å²) in [7, 11) is 1.65. The van der Waals surface area contributed by atoms with Gasteiger partial charge >= 0.3 is 12.3 Å². The number of carbonyl (C=O) groups excluding carboxylic acids is 1. The molecule has 1 aliphatic heterocycles. The number of halogens is 4. The second-order valence-electron chi connectivity index (χ2n) is 13.8. The molecule has 3 aromatic rings. The van der Waals surface area contributed by atoms with E-state index in [9.17, 15) is 32.3 Å². The summed E-state index contributed by atoms with van der Waals surface area (Å²) in [4.78, 5) is 35.5. The molecule has 3 heterocycles. The number of anilines is 2. The molecule has 0 radical (unpaired) electrons. The van der Waals surface area contributed by atoms with E-state index in [4.69, 9.17) is 14.5 Å². The lowest BCUT2D eigenvalue weighted by Crippen LogP contribution is -2.56. The lowest BCUT2D eigenvalue weighted by molar-refractivity contribution is -0.140. The Morgan fingerprint density at radius 3 is 2.50 bits per heavy atom. The Morgan fingerprint density at radius 1 is 1.20 bits per heavy atom. The van der Waals surface area contributed by atoms with E-state index in [0.29, 0.717) is 55.6 Å². The number of ether oxygens (including phenoxy) is 2. The van der Waals surface area contributed by atoms with Crippen LogP contribution in [0.25, 0.3) is 11.4 Å². The predicted molar refractivity (Wildman–Crippen MR) is 180 cm³/mol. The fourth-order valence-electron chi connectivity index (χ4n) is 6.53. The zero-order valence-corrected chi connectivity index (χ0v) is 29.4. The van der Waals surface area contributed by atoms with Crippen molar-refractivity contribution in [3.05, 3.63) is 57.0 Å². The number of amides is 1. The van der Waals surface area contributed by atoms with Gasteiger partial charge in [-0.3, -0.25) is 4.79 Å². The van der Waals surface area contributed by atoms with Gasteiger partial charge in [-0.2, -0.15) is 22.7 Å². The largest absolute Gasteiger partial charge is 0.444 e. The summed E-state index contributed by atoms with van der Waals surface area (Å²) in [5.74, 6) is -0.914. The van der Waals surface area contributed by atoms with Crippen molar-refractivity contribution >= 4 is 28.8 Å². The molecule has 50 heavy (non-hydrogen) atoms. The van der Waals surface area contributed by atoms with Crippen LogP contribution in [-0.4, -0.2) is 86.0 Å². The normalized spacial score (nSPS) is 19.5.